The molecule has 0 unspecified atom stereocenters. The van der Waals surface area contributed by atoms with Crippen LogP contribution in [-0.2, 0) is 0 Å². The summed E-state index contributed by atoms with van der Waals surface area (Å²) in [5, 5.41) is 3.14. The third kappa shape index (κ3) is 1.30. The van der Waals surface area contributed by atoms with E-state index in [0.29, 0.717) is 0 Å². The summed E-state index contributed by atoms with van der Waals surface area (Å²) in [5.41, 5.74) is 0. The van der Waals surface area contributed by atoms with Crippen molar-refractivity contribution in [2.45, 2.75) is 6.92 Å². The lowest BCUT2D eigenvalue weighted by molar-refractivity contribution is 0.341. The molecule has 0 atom stereocenters. The van der Waals surface area contributed by atoms with Crippen LogP contribution >= 0.6 is 11.3 Å². The van der Waals surface area contributed by atoms with Gasteiger partial charge in [0, 0.05) is 16.2 Å². The second kappa shape index (κ2) is 3.15. The molecule has 0 amide bonds. The molecule has 0 aliphatic carbocycles. The van der Waals surface area contributed by atoms with Gasteiger partial charge in [0.25, 0.3) is 0 Å². The van der Waals surface area contributed by atoms with Crippen LogP contribution in [-0.4, -0.2) is 6.61 Å². The predicted molar refractivity (Wildman–Crippen MR) is 51.8 cm³/mol. The zero-order chi connectivity index (χ0) is 8.39. The van der Waals surface area contributed by atoms with Crippen LogP contribution in [0.2, 0.25) is 0 Å². The SMILES string of the molecule is CCOc1ccc2[c]csc2c1. The van der Waals surface area contributed by atoms with Crippen molar-refractivity contribution in [1.29, 1.82) is 0 Å². The highest BCUT2D eigenvalue weighted by Crippen LogP contribution is 2.24. The van der Waals surface area contributed by atoms with Crippen molar-refractivity contribution >= 4 is 21.4 Å². The zero-order valence-electron chi connectivity index (χ0n) is 6.83. The predicted octanol–water partition coefficient (Wildman–Crippen LogP) is 3.10. The second-order valence-electron chi connectivity index (χ2n) is 2.47. The highest BCUT2D eigenvalue weighted by atomic mass is 32.1. The summed E-state index contributed by atoms with van der Waals surface area (Å²) < 4.78 is 6.61. The van der Waals surface area contributed by atoms with Gasteiger partial charge in [-0.3, -0.25) is 0 Å². The number of thiophene rings is 1. The number of fused-ring (bicyclic) bond motifs is 1. The monoisotopic (exact) mass is 177 g/mol. The molecular formula is C10H9OS. The minimum absolute atomic E-state index is 0.723. The van der Waals surface area contributed by atoms with Crippen LogP contribution in [0.3, 0.4) is 0 Å². The highest BCUT2D eigenvalue weighted by Gasteiger charge is 1.96. The quantitative estimate of drug-likeness (QED) is 0.685. The first kappa shape index (κ1) is 7.62. The lowest BCUT2D eigenvalue weighted by atomic mass is 10.2. The topological polar surface area (TPSA) is 9.23 Å². The molecule has 0 spiro atoms. The number of hydrogen-bond acceptors (Lipinski definition) is 2. The Morgan fingerprint density at radius 2 is 2.42 bits per heavy atom. The Labute approximate surface area is 75.6 Å². The van der Waals surface area contributed by atoms with Crippen molar-refractivity contribution in [3.63, 3.8) is 0 Å². The van der Waals surface area contributed by atoms with Crippen LogP contribution in [0, 0.1) is 6.07 Å². The highest BCUT2D eigenvalue weighted by molar-refractivity contribution is 7.17. The number of rotatable bonds is 2. The molecule has 61 valence electrons. The largest absolute Gasteiger partial charge is 0.494 e. The fourth-order valence-electron chi connectivity index (χ4n) is 1.13. The van der Waals surface area contributed by atoms with E-state index in [1.807, 2.05) is 24.4 Å². The Balaban J connectivity index is 2.46. The molecule has 0 saturated heterocycles. The van der Waals surface area contributed by atoms with Gasteiger partial charge in [0.15, 0.2) is 0 Å². The van der Waals surface area contributed by atoms with Crippen molar-refractivity contribution in [1.82, 2.24) is 0 Å². The van der Waals surface area contributed by atoms with Gasteiger partial charge < -0.3 is 4.74 Å². The van der Waals surface area contributed by atoms with Crippen LogP contribution in [0.25, 0.3) is 10.1 Å². The van der Waals surface area contributed by atoms with Gasteiger partial charge in [0.05, 0.1) is 6.61 Å². The van der Waals surface area contributed by atoms with Crippen molar-refractivity contribution in [2.75, 3.05) is 6.61 Å². The van der Waals surface area contributed by atoms with E-state index < -0.39 is 0 Å². The van der Waals surface area contributed by atoms with Crippen LogP contribution in [0.4, 0.5) is 0 Å². The molecule has 1 heterocycles. The number of ether oxygens (including phenoxy) is 1. The summed E-state index contributed by atoms with van der Waals surface area (Å²) in [4.78, 5) is 0. The Kier molecular flexibility index (Phi) is 2.00. The lowest BCUT2D eigenvalue weighted by Crippen LogP contribution is -1.89. The maximum atomic E-state index is 5.38. The van der Waals surface area contributed by atoms with Gasteiger partial charge in [0.1, 0.15) is 5.75 Å². The lowest BCUT2D eigenvalue weighted by Gasteiger charge is -2.01. The molecule has 2 rings (SSSR count). The van der Waals surface area contributed by atoms with Gasteiger partial charge in [-0.25, -0.2) is 0 Å². The van der Waals surface area contributed by atoms with Gasteiger partial charge in [-0.15, -0.1) is 11.3 Å². The van der Waals surface area contributed by atoms with Crippen LogP contribution in [0.15, 0.2) is 23.6 Å². The Morgan fingerprint density at radius 3 is 3.25 bits per heavy atom. The van der Waals surface area contributed by atoms with E-state index in [2.05, 4.69) is 12.1 Å². The molecule has 2 aromatic rings. The van der Waals surface area contributed by atoms with Crippen molar-refractivity contribution in [3.05, 3.63) is 29.6 Å². The van der Waals surface area contributed by atoms with Gasteiger partial charge in [-0.1, -0.05) is 0 Å². The van der Waals surface area contributed by atoms with E-state index >= 15 is 0 Å². The minimum atomic E-state index is 0.723. The molecule has 1 aromatic carbocycles. The molecular weight excluding hydrogens is 168 g/mol. The summed E-state index contributed by atoms with van der Waals surface area (Å²) in [5.74, 6) is 0.945. The van der Waals surface area contributed by atoms with Gasteiger partial charge >= 0.3 is 0 Å². The van der Waals surface area contributed by atoms with Crippen molar-refractivity contribution < 1.29 is 4.74 Å². The van der Waals surface area contributed by atoms with E-state index in [9.17, 15) is 0 Å². The molecule has 0 saturated carbocycles. The molecule has 0 fully saturated rings. The molecule has 1 nitrogen and oxygen atoms in total. The average Bonchev–Trinajstić information content (AvgIpc) is 2.51. The summed E-state index contributed by atoms with van der Waals surface area (Å²) in [6.45, 7) is 2.71. The summed E-state index contributed by atoms with van der Waals surface area (Å²) in [6.07, 6.45) is 0. The van der Waals surface area contributed by atoms with E-state index in [0.717, 1.165) is 12.4 Å². The minimum Gasteiger partial charge on any atom is -0.494 e. The van der Waals surface area contributed by atoms with Crippen LogP contribution in [0.5, 0.6) is 5.75 Å². The van der Waals surface area contributed by atoms with E-state index in [-0.39, 0.29) is 0 Å². The van der Waals surface area contributed by atoms with E-state index in [1.54, 1.807) is 11.3 Å². The Hall–Kier alpha value is -1.02. The molecule has 0 N–H and O–H groups in total. The molecule has 0 aliphatic heterocycles. The van der Waals surface area contributed by atoms with Gasteiger partial charge in [-0.2, -0.15) is 0 Å². The zero-order valence-corrected chi connectivity index (χ0v) is 7.65. The first-order valence-corrected chi connectivity index (χ1v) is 4.80. The standard InChI is InChI=1S/C10H9OS/c1-2-11-9-4-3-8-5-6-12-10(8)7-9/h3-4,6-7H,2H2,1H3. The van der Waals surface area contributed by atoms with E-state index in [4.69, 9.17) is 4.74 Å². The van der Waals surface area contributed by atoms with Gasteiger partial charge in [-0.05, 0) is 30.5 Å². The molecule has 2 heteroatoms. The van der Waals surface area contributed by atoms with Crippen molar-refractivity contribution in [3.8, 4) is 5.75 Å². The molecule has 1 aromatic heterocycles. The first-order valence-electron chi connectivity index (χ1n) is 3.92. The molecule has 0 bridgehead atoms. The van der Waals surface area contributed by atoms with Crippen LogP contribution in [0.1, 0.15) is 6.92 Å². The maximum Gasteiger partial charge on any atom is 0.120 e. The summed E-state index contributed by atoms with van der Waals surface area (Å²) in [6, 6.07) is 9.23. The van der Waals surface area contributed by atoms with Crippen molar-refractivity contribution in [2.24, 2.45) is 0 Å². The number of benzene rings is 1. The summed E-state index contributed by atoms with van der Waals surface area (Å²) in [7, 11) is 0. The average molecular weight is 177 g/mol. The normalized spacial score (nSPS) is 10.4. The van der Waals surface area contributed by atoms with E-state index in [1.165, 1.54) is 10.1 Å². The third-order valence-electron chi connectivity index (χ3n) is 1.66. The third-order valence-corrected chi connectivity index (χ3v) is 2.49. The fraction of sp³-hybridized carbons (Fsp3) is 0.200. The smallest absolute Gasteiger partial charge is 0.120 e. The summed E-state index contributed by atoms with van der Waals surface area (Å²) >= 11 is 1.69. The molecule has 1 radical (unpaired) electrons. The second-order valence-corrected chi connectivity index (χ2v) is 3.38. The fourth-order valence-corrected chi connectivity index (χ4v) is 1.88. The molecule has 12 heavy (non-hydrogen) atoms. The Morgan fingerprint density at radius 1 is 1.50 bits per heavy atom. The first-order chi connectivity index (χ1) is 5.90. The Bertz CT molecular complexity index is 378. The number of hydrogen-bond donors (Lipinski definition) is 0. The molecule has 0 aliphatic rings. The van der Waals surface area contributed by atoms with Gasteiger partial charge in [0.2, 0.25) is 0 Å². The van der Waals surface area contributed by atoms with Crippen LogP contribution < -0.4 is 4.74 Å². The maximum absolute atomic E-state index is 5.38.